The van der Waals surface area contributed by atoms with Crippen LogP contribution in [0.1, 0.15) is 19.4 Å². The summed E-state index contributed by atoms with van der Waals surface area (Å²) < 4.78 is 15.9. The van der Waals surface area contributed by atoms with E-state index in [1.807, 2.05) is 12.1 Å². The summed E-state index contributed by atoms with van der Waals surface area (Å²) in [4.78, 5) is 24.6. The summed E-state index contributed by atoms with van der Waals surface area (Å²) >= 11 is 0. The Balaban J connectivity index is 1.81. The summed E-state index contributed by atoms with van der Waals surface area (Å²) in [6.45, 7) is 3.55. The van der Waals surface area contributed by atoms with E-state index in [9.17, 15) is 14.7 Å². The first-order valence-corrected chi connectivity index (χ1v) is 10.5. The van der Waals surface area contributed by atoms with Crippen molar-refractivity contribution < 1.29 is 28.9 Å². The number of carbonyl (C=O) groups is 2. The molecule has 0 saturated carbocycles. The van der Waals surface area contributed by atoms with Crippen LogP contribution in [0, 0.1) is 5.92 Å². The SMILES string of the molecule is COc1cc(CC(=O)Nc2cc(-c3cccc(OC(=O)C(C)C)c3)ccc2OC)ccc1O. The van der Waals surface area contributed by atoms with Gasteiger partial charge in [0.05, 0.1) is 32.2 Å². The van der Waals surface area contributed by atoms with Crippen molar-refractivity contribution in [3.8, 4) is 34.1 Å². The van der Waals surface area contributed by atoms with Gasteiger partial charge in [-0.2, -0.15) is 0 Å². The number of rotatable bonds is 8. The van der Waals surface area contributed by atoms with Gasteiger partial charge in [0.25, 0.3) is 0 Å². The average Bonchev–Trinajstić information content (AvgIpc) is 2.80. The number of carbonyl (C=O) groups excluding carboxylic acids is 2. The number of nitrogens with one attached hydrogen (secondary N) is 1. The smallest absolute Gasteiger partial charge is 0.313 e. The second-order valence-electron chi connectivity index (χ2n) is 7.75. The Hall–Kier alpha value is -4.00. The Morgan fingerprint density at radius 1 is 0.909 bits per heavy atom. The van der Waals surface area contributed by atoms with Crippen molar-refractivity contribution in [1.82, 2.24) is 0 Å². The standard InChI is InChI=1S/C26H27NO6/c1-16(2)26(30)33-20-7-5-6-18(14-20)19-9-11-23(31-3)21(15-19)27-25(29)13-17-8-10-22(28)24(12-17)32-4/h5-12,14-16,28H,13H2,1-4H3,(H,27,29). The lowest BCUT2D eigenvalue weighted by atomic mass is 10.0. The quantitative estimate of drug-likeness (QED) is 0.378. The van der Waals surface area contributed by atoms with Gasteiger partial charge in [0.2, 0.25) is 5.91 Å². The number of phenols is 1. The van der Waals surface area contributed by atoms with E-state index in [-0.39, 0.29) is 30.0 Å². The van der Waals surface area contributed by atoms with Gasteiger partial charge >= 0.3 is 5.97 Å². The van der Waals surface area contributed by atoms with Gasteiger partial charge in [-0.05, 0) is 53.1 Å². The van der Waals surface area contributed by atoms with Crippen LogP contribution >= 0.6 is 0 Å². The zero-order valence-corrected chi connectivity index (χ0v) is 19.0. The molecule has 0 aliphatic heterocycles. The molecule has 3 aromatic rings. The molecule has 172 valence electrons. The average molecular weight is 450 g/mol. The van der Waals surface area contributed by atoms with Crippen LogP contribution < -0.4 is 19.5 Å². The molecular formula is C26H27NO6. The van der Waals surface area contributed by atoms with Gasteiger partial charge in [-0.15, -0.1) is 0 Å². The molecule has 0 bridgehead atoms. The zero-order valence-electron chi connectivity index (χ0n) is 19.0. The highest BCUT2D eigenvalue weighted by atomic mass is 16.5. The number of hydrogen-bond donors (Lipinski definition) is 2. The van der Waals surface area contributed by atoms with Crippen LogP contribution in [0.5, 0.6) is 23.0 Å². The molecule has 33 heavy (non-hydrogen) atoms. The number of phenolic OH excluding ortho intramolecular Hbond substituents is 1. The van der Waals surface area contributed by atoms with Gasteiger partial charge in [-0.3, -0.25) is 9.59 Å². The van der Waals surface area contributed by atoms with Crippen molar-refractivity contribution in [3.63, 3.8) is 0 Å². The monoisotopic (exact) mass is 449 g/mol. The van der Waals surface area contributed by atoms with Gasteiger partial charge < -0.3 is 24.6 Å². The Morgan fingerprint density at radius 3 is 2.33 bits per heavy atom. The molecule has 2 N–H and O–H groups in total. The number of amides is 1. The van der Waals surface area contributed by atoms with Crippen LogP contribution in [0.3, 0.4) is 0 Å². The third-order valence-electron chi connectivity index (χ3n) is 4.94. The van der Waals surface area contributed by atoms with Crippen LogP contribution in [0.25, 0.3) is 11.1 Å². The van der Waals surface area contributed by atoms with E-state index < -0.39 is 0 Å². The molecule has 0 atom stereocenters. The second-order valence-corrected chi connectivity index (χ2v) is 7.75. The van der Waals surface area contributed by atoms with Crippen LogP contribution in [0.4, 0.5) is 5.69 Å². The zero-order chi connectivity index (χ0) is 24.0. The first-order valence-electron chi connectivity index (χ1n) is 10.5. The number of esters is 1. The lowest BCUT2D eigenvalue weighted by Crippen LogP contribution is -2.15. The van der Waals surface area contributed by atoms with Crippen LogP contribution in [-0.2, 0) is 16.0 Å². The fourth-order valence-corrected chi connectivity index (χ4v) is 3.17. The molecule has 1 amide bonds. The highest BCUT2D eigenvalue weighted by Crippen LogP contribution is 2.32. The third-order valence-corrected chi connectivity index (χ3v) is 4.94. The fraction of sp³-hybridized carbons (Fsp3) is 0.231. The maximum absolute atomic E-state index is 12.7. The van der Waals surface area contributed by atoms with Gasteiger partial charge in [0.15, 0.2) is 11.5 Å². The minimum atomic E-state index is -0.305. The fourth-order valence-electron chi connectivity index (χ4n) is 3.17. The van der Waals surface area contributed by atoms with E-state index in [1.54, 1.807) is 56.3 Å². The topological polar surface area (TPSA) is 94.1 Å². The molecule has 0 heterocycles. The third kappa shape index (κ3) is 6.04. The summed E-state index contributed by atoms with van der Waals surface area (Å²) in [5, 5.41) is 12.6. The number of benzene rings is 3. The maximum Gasteiger partial charge on any atom is 0.313 e. The summed E-state index contributed by atoms with van der Waals surface area (Å²) in [6, 6.07) is 17.4. The Bertz CT molecular complexity index is 1160. The lowest BCUT2D eigenvalue weighted by Gasteiger charge is -2.13. The van der Waals surface area contributed by atoms with Gasteiger partial charge in [0, 0.05) is 0 Å². The van der Waals surface area contributed by atoms with E-state index in [0.29, 0.717) is 28.5 Å². The summed E-state index contributed by atoms with van der Waals surface area (Å²) in [5.74, 6) is 0.491. The van der Waals surface area contributed by atoms with Gasteiger partial charge in [-0.1, -0.05) is 38.1 Å². The number of ether oxygens (including phenoxy) is 3. The highest BCUT2D eigenvalue weighted by molar-refractivity contribution is 5.94. The van der Waals surface area contributed by atoms with Crippen LogP contribution in [-0.4, -0.2) is 31.2 Å². The van der Waals surface area contributed by atoms with Crippen molar-refractivity contribution in [2.45, 2.75) is 20.3 Å². The molecule has 0 spiro atoms. The minimum absolute atomic E-state index is 0.0114. The number of aromatic hydroxyl groups is 1. The van der Waals surface area contributed by atoms with E-state index in [1.165, 1.54) is 20.3 Å². The second kappa shape index (κ2) is 10.5. The largest absolute Gasteiger partial charge is 0.504 e. The molecule has 7 heteroatoms. The van der Waals surface area contributed by atoms with E-state index >= 15 is 0 Å². The normalized spacial score (nSPS) is 10.6. The van der Waals surface area contributed by atoms with Gasteiger partial charge in [0.1, 0.15) is 11.5 Å². The van der Waals surface area contributed by atoms with Crippen molar-refractivity contribution in [1.29, 1.82) is 0 Å². The number of anilines is 1. The number of hydrogen-bond acceptors (Lipinski definition) is 6. The van der Waals surface area contributed by atoms with Crippen molar-refractivity contribution >= 4 is 17.6 Å². The van der Waals surface area contributed by atoms with E-state index in [0.717, 1.165) is 11.1 Å². The molecule has 0 unspecified atom stereocenters. The van der Waals surface area contributed by atoms with E-state index in [2.05, 4.69) is 5.32 Å². The highest BCUT2D eigenvalue weighted by Gasteiger charge is 2.13. The molecule has 0 radical (unpaired) electrons. The summed E-state index contributed by atoms with van der Waals surface area (Å²) in [7, 11) is 2.98. The maximum atomic E-state index is 12.7. The molecule has 0 aliphatic carbocycles. The molecule has 3 rings (SSSR count). The molecule has 0 aromatic heterocycles. The predicted molar refractivity (Wildman–Crippen MR) is 126 cm³/mol. The Labute approximate surface area is 192 Å². The molecule has 0 aliphatic rings. The minimum Gasteiger partial charge on any atom is -0.504 e. The van der Waals surface area contributed by atoms with Crippen molar-refractivity contribution in [2.24, 2.45) is 5.92 Å². The molecule has 0 fully saturated rings. The molecule has 0 saturated heterocycles. The molecular weight excluding hydrogens is 422 g/mol. The van der Waals surface area contributed by atoms with Crippen molar-refractivity contribution in [3.05, 3.63) is 66.2 Å². The Kier molecular flexibility index (Phi) is 7.56. The van der Waals surface area contributed by atoms with E-state index in [4.69, 9.17) is 14.2 Å². The van der Waals surface area contributed by atoms with Crippen LogP contribution in [0.15, 0.2) is 60.7 Å². The number of methoxy groups -OCH3 is 2. The Morgan fingerprint density at radius 2 is 1.64 bits per heavy atom. The first kappa shape index (κ1) is 23.7. The summed E-state index contributed by atoms with van der Waals surface area (Å²) in [5.41, 5.74) is 2.84. The van der Waals surface area contributed by atoms with Crippen LogP contribution in [0.2, 0.25) is 0 Å². The first-order chi connectivity index (χ1) is 15.8. The summed E-state index contributed by atoms with van der Waals surface area (Å²) in [6.07, 6.45) is 0.0880. The van der Waals surface area contributed by atoms with Gasteiger partial charge in [-0.25, -0.2) is 0 Å². The predicted octanol–water partition coefficient (Wildman–Crippen LogP) is 4.82. The molecule has 7 nitrogen and oxygen atoms in total. The lowest BCUT2D eigenvalue weighted by molar-refractivity contribution is -0.137. The van der Waals surface area contributed by atoms with Crippen molar-refractivity contribution in [2.75, 3.05) is 19.5 Å². The molecule has 3 aromatic carbocycles.